The maximum atomic E-state index is 13.3. The number of likely N-dealkylation sites (N-methyl/N-ethyl adjacent to an activating group) is 1. The Labute approximate surface area is 211 Å². The van der Waals surface area contributed by atoms with Gasteiger partial charge < -0.3 is 10.2 Å². The molecule has 4 aliphatic rings. The van der Waals surface area contributed by atoms with Gasteiger partial charge in [-0.15, -0.1) is 0 Å². The first kappa shape index (κ1) is 25.3. The van der Waals surface area contributed by atoms with Crippen molar-refractivity contribution < 1.29 is 22.8 Å². The Morgan fingerprint density at radius 2 is 1.83 bits per heavy atom. The lowest BCUT2D eigenvalue weighted by molar-refractivity contribution is -0.140. The van der Waals surface area contributed by atoms with E-state index in [4.69, 9.17) is 0 Å². The van der Waals surface area contributed by atoms with Gasteiger partial charge in [0, 0.05) is 31.5 Å². The highest BCUT2D eigenvalue weighted by Gasteiger charge is 2.60. The second kappa shape index (κ2) is 8.91. The lowest BCUT2D eigenvalue weighted by atomic mass is 9.47. The lowest BCUT2D eigenvalue weighted by Gasteiger charge is -2.60. The third-order valence-electron chi connectivity index (χ3n) is 10.6. The second-order valence-electron chi connectivity index (χ2n) is 12.1. The van der Waals surface area contributed by atoms with Gasteiger partial charge >= 0.3 is 6.18 Å². The molecule has 0 radical (unpaired) electrons. The van der Waals surface area contributed by atoms with E-state index in [1.165, 1.54) is 12.1 Å². The molecule has 4 unspecified atom stereocenters. The third-order valence-corrected chi connectivity index (χ3v) is 10.6. The third kappa shape index (κ3) is 4.06. The monoisotopic (exact) mass is 502 g/mol. The Bertz CT molecular complexity index is 1070. The molecule has 5 rings (SSSR count). The van der Waals surface area contributed by atoms with Gasteiger partial charge in [-0.3, -0.25) is 9.59 Å². The molecule has 0 aromatic heterocycles. The number of hydrogen-bond donors (Lipinski definition) is 1. The molecule has 3 fully saturated rings. The molecule has 1 N–H and O–H groups in total. The summed E-state index contributed by atoms with van der Waals surface area (Å²) in [5.74, 6) is 1.86. The number of benzene rings is 1. The fraction of sp³-hybridized carbons (Fsp3) is 0.655. The van der Waals surface area contributed by atoms with Crippen molar-refractivity contribution in [2.75, 3.05) is 7.05 Å². The van der Waals surface area contributed by atoms with Crippen LogP contribution in [0, 0.1) is 34.5 Å². The zero-order chi connectivity index (χ0) is 25.9. The van der Waals surface area contributed by atoms with E-state index in [1.807, 2.05) is 11.9 Å². The van der Waals surface area contributed by atoms with Crippen LogP contribution in [0.15, 0.2) is 36.4 Å². The lowest BCUT2D eigenvalue weighted by Crippen LogP contribution is -2.59. The minimum Gasteiger partial charge on any atom is -0.352 e. The van der Waals surface area contributed by atoms with Gasteiger partial charge in [0.15, 0.2) is 0 Å². The van der Waals surface area contributed by atoms with E-state index < -0.39 is 11.7 Å². The first-order valence-electron chi connectivity index (χ1n) is 13.3. The van der Waals surface area contributed by atoms with Crippen molar-refractivity contribution in [2.45, 2.75) is 77.6 Å². The smallest absolute Gasteiger partial charge is 0.352 e. The van der Waals surface area contributed by atoms with E-state index in [2.05, 4.69) is 25.2 Å². The number of halogens is 3. The van der Waals surface area contributed by atoms with Crippen molar-refractivity contribution in [3.8, 4) is 0 Å². The van der Waals surface area contributed by atoms with Crippen molar-refractivity contribution in [3.05, 3.63) is 47.5 Å². The number of hydrogen-bond acceptors (Lipinski definition) is 2. The number of alkyl halides is 3. The van der Waals surface area contributed by atoms with E-state index in [0.717, 1.165) is 44.6 Å². The predicted molar refractivity (Wildman–Crippen MR) is 131 cm³/mol. The zero-order valence-electron chi connectivity index (χ0n) is 21.4. The number of fused-ring (bicyclic) bond motifs is 5. The average molecular weight is 503 g/mol. The van der Waals surface area contributed by atoms with Crippen LogP contribution in [0.25, 0.3) is 0 Å². The van der Waals surface area contributed by atoms with Crippen LogP contribution >= 0.6 is 0 Å². The number of nitrogens with zero attached hydrogens (tertiary/aromatic N) is 1. The topological polar surface area (TPSA) is 49.4 Å². The van der Waals surface area contributed by atoms with E-state index in [1.54, 1.807) is 12.1 Å². The van der Waals surface area contributed by atoms with Crippen molar-refractivity contribution in [1.82, 2.24) is 10.2 Å². The Kier molecular flexibility index (Phi) is 6.27. The molecule has 0 saturated heterocycles. The second-order valence-corrected chi connectivity index (χ2v) is 12.1. The first-order chi connectivity index (χ1) is 16.9. The number of rotatable bonds is 4. The molecular formula is C29H37F3N2O2. The molecule has 2 amide bonds. The summed E-state index contributed by atoms with van der Waals surface area (Å²) in [7, 11) is 1.93. The molecule has 4 nitrogen and oxygen atoms in total. The van der Waals surface area contributed by atoms with Crippen LogP contribution in [0.4, 0.5) is 13.2 Å². The van der Waals surface area contributed by atoms with Gasteiger partial charge in [-0.1, -0.05) is 38.1 Å². The predicted octanol–water partition coefficient (Wildman–Crippen LogP) is 5.97. The minimum absolute atomic E-state index is 0.00571. The Morgan fingerprint density at radius 1 is 1.08 bits per heavy atom. The highest BCUT2D eigenvalue weighted by atomic mass is 19.4. The molecule has 3 saturated carbocycles. The molecule has 0 bridgehead atoms. The van der Waals surface area contributed by atoms with Crippen LogP contribution in [0.3, 0.4) is 0 Å². The van der Waals surface area contributed by atoms with Crippen molar-refractivity contribution in [2.24, 2.45) is 34.5 Å². The molecule has 3 aliphatic carbocycles. The van der Waals surface area contributed by atoms with Crippen LogP contribution in [0.1, 0.15) is 69.9 Å². The maximum Gasteiger partial charge on any atom is 0.416 e. The molecule has 1 aromatic carbocycles. The fourth-order valence-corrected chi connectivity index (χ4v) is 8.62. The summed E-state index contributed by atoms with van der Waals surface area (Å²) in [5.41, 5.74) is -0.520. The summed E-state index contributed by atoms with van der Waals surface area (Å²) in [4.78, 5) is 27.1. The number of nitrogens with one attached hydrogen (secondary N) is 1. The Morgan fingerprint density at radius 3 is 2.58 bits per heavy atom. The summed E-state index contributed by atoms with van der Waals surface area (Å²) in [6, 6.07) is 5.69. The van der Waals surface area contributed by atoms with Crippen molar-refractivity contribution >= 4 is 11.8 Å². The molecule has 0 spiro atoms. The number of carbonyl (C=O) groups excluding carboxylic acids is 2. The summed E-state index contributed by atoms with van der Waals surface area (Å²) in [6.45, 7) is 4.57. The van der Waals surface area contributed by atoms with Crippen molar-refractivity contribution in [1.29, 1.82) is 0 Å². The SMILES string of the molecule is CN1C(=O)C=C[C@]2(C)C3CC[C@@]4(C)C(CC[C@@H]4CC(=O)NCc4ccccc4C(F)(F)F)C3CCC12. The minimum atomic E-state index is -4.43. The first-order valence-corrected chi connectivity index (χ1v) is 13.3. The standard InChI is InChI=1S/C29H37F3N2O2/c1-27-14-12-23-20(9-11-24-28(23,2)15-13-26(36)34(24)3)22(27)10-8-19(27)16-25(35)33-17-18-6-4-5-7-21(18)29(30,31)32/h4-7,13,15,19-20,22-24H,8-12,14,16-17H2,1-3H3,(H,33,35)/t19-,20?,22?,23?,24?,27-,28-/m1/s1. The van der Waals surface area contributed by atoms with E-state index in [-0.39, 0.29) is 46.7 Å². The molecule has 1 aromatic rings. The van der Waals surface area contributed by atoms with Crippen molar-refractivity contribution in [3.63, 3.8) is 0 Å². The highest BCUT2D eigenvalue weighted by Crippen LogP contribution is 2.65. The highest BCUT2D eigenvalue weighted by molar-refractivity contribution is 5.89. The maximum absolute atomic E-state index is 13.3. The normalized spacial score (nSPS) is 37.8. The van der Waals surface area contributed by atoms with Crippen LogP contribution in [-0.4, -0.2) is 29.8 Å². The average Bonchev–Trinajstić information content (AvgIpc) is 3.16. The van der Waals surface area contributed by atoms with Gasteiger partial charge in [-0.25, -0.2) is 0 Å². The quantitative estimate of drug-likeness (QED) is 0.552. The number of amides is 2. The summed E-state index contributed by atoms with van der Waals surface area (Å²) in [6.07, 6.45) is 6.24. The molecule has 196 valence electrons. The van der Waals surface area contributed by atoms with E-state index in [0.29, 0.717) is 24.2 Å². The molecular weight excluding hydrogens is 465 g/mol. The summed E-state index contributed by atoms with van der Waals surface area (Å²) < 4.78 is 39.9. The van der Waals surface area contributed by atoms with Crippen LogP contribution in [0.2, 0.25) is 0 Å². The van der Waals surface area contributed by atoms with Gasteiger partial charge in [0.25, 0.3) is 0 Å². The Balaban J connectivity index is 1.26. The zero-order valence-corrected chi connectivity index (χ0v) is 21.4. The Hall–Kier alpha value is -2.31. The van der Waals surface area contributed by atoms with Crippen LogP contribution < -0.4 is 5.32 Å². The molecule has 36 heavy (non-hydrogen) atoms. The largest absolute Gasteiger partial charge is 0.416 e. The molecule has 1 aliphatic heterocycles. The summed E-state index contributed by atoms with van der Waals surface area (Å²) in [5, 5.41) is 2.77. The van der Waals surface area contributed by atoms with Crippen LogP contribution in [0.5, 0.6) is 0 Å². The molecule has 7 atom stereocenters. The van der Waals surface area contributed by atoms with Gasteiger partial charge in [-0.2, -0.15) is 13.2 Å². The van der Waals surface area contributed by atoms with Gasteiger partial charge in [0.1, 0.15) is 0 Å². The summed E-state index contributed by atoms with van der Waals surface area (Å²) >= 11 is 0. The van der Waals surface area contributed by atoms with Crippen LogP contribution in [-0.2, 0) is 22.3 Å². The molecule has 7 heteroatoms. The fourth-order valence-electron chi connectivity index (χ4n) is 8.62. The number of carbonyl (C=O) groups is 2. The van der Waals surface area contributed by atoms with E-state index in [9.17, 15) is 22.8 Å². The van der Waals surface area contributed by atoms with E-state index >= 15 is 0 Å². The van der Waals surface area contributed by atoms with Gasteiger partial charge in [-0.05, 0) is 85.3 Å². The molecule has 1 heterocycles. The van der Waals surface area contributed by atoms with Gasteiger partial charge in [0.2, 0.25) is 11.8 Å². The van der Waals surface area contributed by atoms with Gasteiger partial charge in [0.05, 0.1) is 5.56 Å².